The topological polar surface area (TPSA) is 56.3 Å². The predicted molar refractivity (Wildman–Crippen MR) is 69.9 cm³/mol. The molecule has 19 heavy (non-hydrogen) atoms. The summed E-state index contributed by atoms with van der Waals surface area (Å²) in [6.07, 6.45) is 2.15. The third-order valence-electron chi connectivity index (χ3n) is 2.61. The number of hydrogen-bond donors (Lipinski definition) is 0. The van der Waals surface area contributed by atoms with Gasteiger partial charge in [-0.15, -0.1) is 0 Å². The summed E-state index contributed by atoms with van der Waals surface area (Å²) >= 11 is 0. The normalized spacial score (nSPS) is 11.6. The largest absolute Gasteiger partial charge is 0.451 e. The van der Waals surface area contributed by atoms with Crippen LogP contribution in [0.5, 0.6) is 0 Å². The average molecular weight is 255 g/mol. The Balaban J connectivity index is 2.04. The van der Waals surface area contributed by atoms with Crippen molar-refractivity contribution in [1.29, 1.82) is 0 Å². The van der Waals surface area contributed by atoms with Crippen LogP contribution in [-0.2, 0) is 4.74 Å². The van der Waals surface area contributed by atoms with Crippen molar-refractivity contribution in [3.63, 3.8) is 0 Å². The molecular formula is C15H13NO3. The SMILES string of the molecule is C[C@@H](OC(=O)c1cccnc1)C(=O)c1ccccc1. The molecule has 1 heterocycles. The van der Waals surface area contributed by atoms with Crippen molar-refractivity contribution in [2.24, 2.45) is 0 Å². The van der Waals surface area contributed by atoms with E-state index in [0.29, 0.717) is 11.1 Å². The minimum absolute atomic E-state index is 0.224. The molecule has 0 bridgehead atoms. The van der Waals surface area contributed by atoms with Crippen molar-refractivity contribution in [3.8, 4) is 0 Å². The van der Waals surface area contributed by atoms with Crippen LogP contribution in [0.15, 0.2) is 54.9 Å². The second-order valence-corrected chi connectivity index (χ2v) is 4.02. The van der Waals surface area contributed by atoms with E-state index in [1.54, 1.807) is 49.5 Å². The van der Waals surface area contributed by atoms with Crippen molar-refractivity contribution < 1.29 is 14.3 Å². The lowest BCUT2D eigenvalue weighted by Gasteiger charge is -2.12. The molecule has 2 rings (SSSR count). The van der Waals surface area contributed by atoms with Gasteiger partial charge in [-0.25, -0.2) is 4.79 Å². The predicted octanol–water partition coefficient (Wildman–Crippen LogP) is 2.51. The van der Waals surface area contributed by atoms with Crippen LogP contribution in [0.25, 0.3) is 0 Å². The summed E-state index contributed by atoms with van der Waals surface area (Å²) in [5.41, 5.74) is 0.851. The first-order valence-corrected chi connectivity index (χ1v) is 5.89. The maximum absolute atomic E-state index is 12.0. The van der Waals surface area contributed by atoms with Crippen molar-refractivity contribution >= 4 is 11.8 Å². The Kier molecular flexibility index (Phi) is 4.03. The molecule has 0 aliphatic carbocycles. The van der Waals surface area contributed by atoms with Crippen LogP contribution >= 0.6 is 0 Å². The summed E-state index contributed by atoms with van der Waals surface area (Å²) < 4.78 is 5.12. The van der Waals surface area contributed by atoms with Gasteiger partial charge >= 0.3 is 5.97 Å². The fraction of sp³-hybridized carbons (Fsp3) is 0.133. The van der Waals surface area contributed by atoms with Gasteiger partial charge in [0.2, 0.25) is 5.78 Å². The molecule has 0 spiro atoms. The fourth-order valence-electron chi connectivity index (χ4n) is 1.60. The summed E-state index contributed by atoms with van der Waals surface area (Å²) in [7, 11) is 0. The standard InChI is InChI=1S/C15H13NO3/c1-11(14(17)12-6-3-2-4-7-12)19-15(18)13-8-5-9-16-10-13/h2-11H,1H3/t11-/m1/s1. The van der Waals surface area contributed by atoms with Crippen molar-refractivity contribution in [3.05, 3.63) is 66.0 Å². The monoisotopic (exact) mass is 255 g/mol. The molecule has 2 aromatic rings. The summed E-state index contributed by atoms with van der Waals surface area (Å²) in [5, 5.41) is 0. The Hall–Kier alpha value is -2.49. The van der Waals surface area contributed by atoms with E-state index in [-0.39, 0.29) is 5.78 Å². The average Bonchev–Trinajstić information content (AvgIpc) is 2.48. The first-order chi connectivity index (χ1) is 9.18. The number of carbonyl (C=O) groups excluding carboxylic acids is 2. The number of Topliss-reactive ketones (excluding diaryl/α,β-unsaturated/α-hetero) is 1. The second-order valence-electron chi connectivity index (χ2n) is 4.02. The van der Waals surface area contributed by atoms with E-state index in [4.69, 9.17) is 4.74 Å². The van der Waals surface area contributed by atoms with Gasteiger partial charge in [0.1, 0.15) is 0 Å². The summed E-state index contributed by atoms with van der Waals surface area (Å²) in [6.45, 7) is 1.56. The molecule has 1 aromatic carbocycles. The molecule has 1 aromatic heterocycles. The van der Waals surface area contributed by atoms with Crippen molar-refractivity contribution in [1.82, 2.24) is 4.98 Å². The van der Waals surface area contributed by atoms with Gasteiger partial charge in [-0.05, 0) is 19.1 Å². The summed E-state index contributed by atoms with van der Waals surface area (Å²) in [4.78, 5) is 27.6. The number of nitrogens with zero attached hydrogens (tertiary/aromatic N) is 1. The lowest BCUT2D eigenvalue weighted by Crippen LogP contribution is -2.24. The molecule has 0 N–H and O–H groups in total. The molecule has 0 saturated carbocycles. The van der Waals surface area contributed by atoms with Gasteiger partial charge in [0.05, 0.1) is 5.56 Å². The highest BCUT2D eigenvalue weighted by atomic mass is 16.5. The lowest BCUT2D eigenvalue weighted by molar-refractivity contribution is 0.0318. The first-order valence-electron chi connectivity index (χ1n) is 5.89. The molecule has 1 atom stereocenters. The van der Waals surface area contributed by atoms with Gasteiger partial charge in [0.15, 0.2) is 6.10 Å². The number of aromatic nitrogens is 1. The number of benzene rings is 1. The molecule has 0 fully saturated rings. The number of esters is 1. The van der Waals surface area contributed by atoms with E-state index >= 15 is 0 Å². The minimum Gasteiger partial charge on any atom is -0.451 e. The zero-order valence-electron chi connectivity index (χ0n) is 10.4. The van der Waals surface area contributed by atoms with Crippen LogP contribution in [-0.4, -0.2) is 22.8 Å². The van der Waals surface area contributed by atoms with Crippen molar-refractivity contribution in [2.45, 2.75) is 13.0 Å². The van der Waals surface area contributed by atoms with E-state index in [2.05, 4.69) is 4.98 Å². The zero-order chi connectivity index (χ0) is 13.7. The van der Waals surface area contributed by atoms with Gasteiger partial charge < -0.3 is 4.74 Å². The summed E-state index contributed by atoms with van der Waals surface area (Å²) in [5.74, 6) is -0.775. The van der Waals surface area contributed by atoms with Crippen molar-refractivity contribution in [2.75, 3.05) is 0 Å². The summed E-state index contributed by atoms with van der Waals surface area (Å²) in [6, 6.07) is 12.0. The molecule has 0 saturated heterocycles. The molecule has 0 aliphatic rings. The van der Waals surface area contributed by atoms with E-state index < -0.39 is 12.1 Å². The highest BCUT2D eigenvalue weighted by Gasteiger charge is 2.20. The molecular weight excluding hydrogens is 242 g/mol. The van der Waals surface area contributed by atoms with Crippen LogP contribution < -0.4 is 0 Å². The van der Waals surface area contributed by atoms with Crippen LogP contribution in [0.3, 0.4) is 0 Å². The van der Waals surface area contributed by atoms with Gasteiger partial charge in [-0.2, -0.15) is 0 Å². The zero-order valence-corrected chi connectivity index (χ0v) is 10.4. The van der Waals surface area contributed by atoms with E-state index in [1.807, 2.05) is 6.07 Å². The maximum Gasteiger partial charge on any atom is 0.340 e. The number of pyridine rings is 1. The van der Waals surface area contributed by atoms with Crippen LogP contribution in [0, 0.1) is 0 Å². The van der Waals surface area contributed by atoms with Gasteiger partial charge in [-0.1, -0.05) is 30.3 Å². The highest BCUT2D eigenvalue weighted by Crippen LogP contribution is 2.08. The molecule has 96 valence electrons. The van der Waals surface area contributed by atoms with E-state index in [0.717, 1.165) is 0 Å². The Bertz CT molecular complexity index is 566. The van der Waals surface area contributed by atoms with Gasteiger partial charge in [0.25, 0.3) is 0 Å². The Labute approximate surface area is 111 Å². The highest BCUT2D eigenvalue weighted by molar-refractivity contribution is 6.01. The Morgan fingerprint density at radius 1 is 1.05 bits per heavy atom. The number of ketones is 1. The Morgan fingerprint density at radius 2 is 1.74 bits per heavy atom. The van der Waals surface area contributed by atoms with E-state index in [1.165, 1.54) is 6.20 Å². The lowest BCUT2D eigenvalue weighted by atomic mass is 10.1. The number of hydrogen-bond acceptors (Lipinski definition) is 4. The molecule has 0 amide bonds. The van der Waals surface area contributed by atoms with Gasteiger partial charge in [-0.3, -0.25) is 9.78 Å². The van der Waals surface area contributed by atoms with Crippen LogP contribution in [0.2, 0.25) is 0 Å². The number of ether oxygens (including phenoxy) is 1. The maximum atomic E-state index is 12.0. The van der Waals surface area contributed by atoms with Crippen LogP contribution in [0.1, 0.15) is 27.6 Å². The van der Waals surface area contributed by atoms with E-state index in [9.17, 15) is 9.59 Å². The third kappa shape index (κ3) is 3.25. The molecule has 4 heteroatoms. The smallest absolute Gasteiger partial charge is 0.340 e. The third-order valence-corrected chi connectivity index (χ3v) is 2.61. The quantitative estimate of drug-likeness (QED) is 0.622. The molecule has 0 aliphatic heterocycles. The second kappa shape index (κ2) is 5.91. The molecule has 0 radical (unpaired) electrons. The molecule has 4 nitrogen and oxygen atoms in total. The Morgan fingerprint density at radius 3 is 2.37 bits per heavy atom. The fourth-order valence-corrected chi connectivity index (χ4v) is 1.60. The van der Waals surface area contributed by atoms with Crippen LogP contribution in [0.4, 0.5) is 0 Å². The number of rotatable bonds is 4. The van der Waals surface area contributed by atoms with Gasteiger partial charge in [0, 0.05) is 18.0 Å². The minimum atomic E-state index is -0.824. The first kappa shape index (κ1) is 13.0. The number of carbonyl (C=O) groups is 2. The molecule has 0 unspecified atom stereocenters.